The van der Waals surface area contributed by atoms with Gasteiger partial charge in [-0.25, -0.2) is 15.0 Å². The highest BCUT2D eigenvalue weighted by molar-refractivity contribution is 7.98. The molecule has 128 valence electrons. The zero-order valence-electron chi connectivity index (χ0n) is 13.5. The zero-order valence-corrected chi connectivity index (χ0v) is 14.3. The number of hydrogen-bond acceptors (Lipinski definition) is 6. The van der Waals surface area contributed by atoms with Gasteiger partial charge in [0.1, 0.15) is 17.4 Å². The molecule has 0 bridgehead atoms. The third-order valence-electron chi connectivity index (χ3n) is 3.98. The Bertz CT molecular complexity index is 874. The fourth-order valence-corrected chi connectivity index (χ4v) is 3.46. The fourth-order valence-electron chi connectivity index (χ4n) is 2.77. The molecule has 0 saturated carbocycles. The minimum atomic E-state index is -0.263. The van der Waals surface area contributed by atoms with Crippen LogP contribution in [0, 0.1) is 0 Å². The molecule has 25 heavy (non-hydrogen) atoms. The van der Waals surface area contributed by atoms with Crippen LogP contribution in [0.15, 0.2) is 46.4 Å². The van der Waals surface area contributed by atoms with Crippen LogP contribution in [0.2, 0.25) is 0 Å². The molecule has 1 N–H and O–H groups in total. The minimum absolute atomic E-state index is 0.263. The van der Waals surface area contributed by atoms with Crippen molar-refractivity contribution in [2.75, 3.05) is 5.32 Å². The number of anilines is 1. The van der Waals surface area contributed by atoms with Gasteiger partial charge in [0.25, 0.3) is 5.91 Å². The van der Waals surface area contributed by atoms with Crippen molar-refractivity contribution in [2.45, 2.75) is 36.7 Å². The minimum Gasteiger partial charge on any atom is -0.455 e. The predicted octanol–water partition coefficient (Wildman–Crippen LogP) is 3.15. The number of amides is 1. The first-order valence-electron chi connectivity index (χ1n) is 8.14. The number of imidazole rings is 1. The van der Waals surface area contributed by atoms with Gasteiger partial charge in [-0.1, -0.05) is 11.8 Å². The van der Waals surface area contributed by atoms with Crippen molar-refractivity contribution in [2.24, 2.45) is 0 Å². The number of nitrogens with zero attached hydrogens (tertiary/aromatic N) is 4. The normalized spacial score (nSPS) is 13.4. The predicted molar refractivity (Wildman–Crippen MR) is 93.4 cm³/mol. The first kappa shape index (κ1) is 15.9. The Morgan fingerprint density at radius 2 is 2.12 bits per heavy atom. The summed E-state index contributed by atoms with van der Waals surface area (Å²) in [6.07, 6.45) is 8.32. The highest BCUT2D eigenvalue weighted by Crippen LogP contribution is 2.22. The number of nitrogens with one attached hydrogen (secondary N) is 1. The second-order valence-corrected chi connectivity index (χ2v) is 6.65. The highest BCUT2D eigenvalue weighted by atomic mass is 32.2. The maximum absolute atomic E-state index is 12.4. The van der Waals surface area contributed by atoms with Crippen LogP contribution in [-0.4, -0.2) is 25.4 Å². The highest BCUT2D eigenvalue weighted by Gasteiger charge is 2.18. The molecular weight excluding hydrogens is 338 g/mol. The molecule has 7 nitrogen and oxygen atoms in total. The lowest BCUT2D eigenvalue weighted by atomic mass is 10.2. The van der Waals surface area contributed by atoms with Crippen LogP contribution in [-0.2, 0) is 18.7 Å². The number of carbonyl (C=O) groups excluding carboxylic acids is 1. The van der Waals surface area contributed by atoms with Crippen molar-refractivity contribution >= 4 is 23.5 Å². The van der Waals surface area contributed by atoms with E-state index in [1.165, 1.54) is 11.8 Å². The molecule has 1 aliphatic heterocycles. The van der Waals surface area contributed by atoms with Crippen LogP contribution in [0.3, 0.4) is 0 Å². The molecule has 0 saturated heterocycles. The van der Waals surface area contributed by atoms with E-state index in [9.17, 15) is 4.79 Å². The fraction of sp³-hybridized carbons (Fsp3) is 0.294. The van der Waals surface area contributed by atoms with Crippen molar-refractivity contribution < 1.29 is 9.21 Å². The quantitative estimate of drug-likeness (QED) is 0.559. The third kappa shape index (κ3) is 3.58. The average molecular weight is 355 g/mol. The summed E-state index contributed by atoms with van der Waals surface area (Å²) in [7, 11) is 0. The second kappa shape index (κ2) is 7.10. The number of furan rings is 1. The van der Waals surface area contributed by atoms with Gasteiger partial charge in [0.2, 0.25) is 0 Å². The molecule has 0 radical (unpaired) electrons. The van der Waals surface area contributed by atoms with Crippen LogP contribution in [0.4, 0.5) is 5.82 Å². The van der Waals surface area contributed by atoms with Crippen LogP contribution < -0.4 is 5.32 Å². The molecule has 1 aliphatic rings. The third-order valence-corrected chi connectivity index (χ3v) is 4.88. The van der Waals surface area contributed by atoms with Crippen LogP contribution in [0.5, 0.6) is 0 Å². The van der Waals surface area contributed by atoms with Crippen molar-refractivity contribution in [1.82, 2.24) is 19.5 Å². The molecule has 8 heteroatoms. The first-order valence-corrected chi connectivity index (χ1v) is 9.12. The van der Waals surface area contributed by atoms with Crippen molar-refractivity contribution in [1.29, 1.82) is 0 Å². The maximum atomic E-state index is 12.4. The molecule has 0 unspecified atom stereocenters. The monoisotopic (exact) mass is 355 g/mol. The largest absolute Gasteiger partial charge is 0.455 e. The number of carbonyl (C=O) groups is 1. The van der Waals surface area contributed by atoms with Gasteiger partial charge >= 0.3 is 0 Å². The summed E-state index contributed by atoms with van der Waals surface area (Å²) < 4.78 is 7.71. The van der Waals surface area contributed by atoms with Gasteiger partial charge in [-0.05, 0) is 31.0 Å². The zero-order chi connectivity index (χ0) is 17.1. The Kier molecular flexibility index (Phi) is 4.51. The standard InChI is InChI=1S/C17H17N5O2S/c23-16(21-15-10-20-14-4-1-2-9-22(14)15)13-6-5-12(24-13)11-25-17-18-7-3-8-19-17/h3,5-8,10H,1-2,4,9,11H2,(H,21,23). The van der Waals surface area contributed by atoms with E-state index >= 15 is 0 Å². The van der Waals surface area contributed by atoms with E-state index in [1.807, 2.05) is 0 Å². The molecule has 4 heterocycles. The first-order chi connectivity index (χ1) is 12.3. The summed E-state index contributed by atoms with van der Waals surface area (Å²) >= 11 is 1.46. The molecule has 0 fully saturated rings. The van der Waals surface area contributed by atoms with Gasteiger partial charge in [-0.15, -0.1) is 0 Å². The molecular formula is C17H17N5O2S. The second-order valence-electron chi connectivity index (χ2n) is 5.71. The number of fused-ring (bicyclic) bond motifs is 1. The summed E-state index contributed by atoms with van der Waals surface area (Å²) in [5.41, 5.74) is 0. The Morgan fingerprint density at radius 3 is 3.00 bits per heavy atom. The van der Waals surface area contributed by atoms with Crippen LogP contribution in [0.25, 0.3) is 0 Å². The Balaban J connectivity index is 1.40. The summed E-state index contributed by atoms with van der Waals surface area (Å²) in [6.45, 7) is 0.891. The summed E-state index contributed by atoms with van der Waals surface area (Å²) in [5, 5.41) is 3.57. The number of hydrogen-bond donors (Lipinski definition) is 1. The summed E-state index contributed by atoms with van der Waals surface area (Å²) in [6, 6.07) is 5.26. The number of rotatable bonds is 5. The van der Waals surface area contributed by atoms with E-state index in [1.54, 1.807) is 36.8 Å². The lowest BCUT2D eigenvalue weighted by Gasteiger charge is -2.16. The molecule has 0 aliphatic carbocycles. The number of thioether (sulfide) groups is 1. The molecule has 3 aromatic heterocycles. The van der Waals surface area contributed by atoms with Gasteiger partial charge in [-0.2, -0.15) is 0 Å². The molecule has 1 amide bonds. The van der Waals surface area contributed by atoms with Gasteiger partial charge in [0.05, 0.1) is 11.9 Å². The Morgan fingerprint density at radius 1 is 1.24 bits per heavy atom. The summed E-state index contributed by atoms with van der Waals surface area (Å²) in [4.78, 5) is 25.1. The molecule has 0 atom stereocenters. The smallest absolute Gasteiger partial charge is 0.292 e. The maximum Gasteiger partial charge on any atom is 0.292 e. The van der Waals surface area contributed by atoms with E-state index in [2.05, 4.69) is 24.8 Å². The Hall–Kier alpha value is -2.61. The molecule has 0 spiro atoms. The van der Waals surface area contributed by atoms with Gasteiger partial charge in [0, 0.05) is 25.4 Å². The molecule has 0 aromatic carbocycles. The van der Waals surface area contributed by atoms with Crippen LogP contribution in [0.1, 0.15) is 35.0 Å². The molecule has 4 rings (SSSR count). The number of aryl methyl sites for hydroxylation is 1. The van der Waals surface area contributed by atoms with E-state index in [4.69, 9.17) is 4.42 Å². The SMILES string of the molecule is O=C(Nc1cnc2n1CCCC2)c1ccc(CSc2ncccn2)o1. The number of aromatic nitrogens is 4. The van der Waals surface area contributed by atoms with Gasteiger partial charge in [0.15, 0.2) is 10.9 Å². The van der Waals surface area contributed by atoms with E-state index in [0.29, 0.717) is 16.7 Å². The van der Waals surface area contributed by atoms with E-state index < -0.39 is 0 Å². The van der Waals surface area contributed by atoms with Crippen molar-refractivity contribution in [3.63, 3.8) is 0 Å². The van der Waals surface area contributed by atoms with Crippen LogP contribution >= 0.6 is 11.8 Å². The van der Waals surface area contributed by atoms with E-state index in [-0.39, 0.29) is 11.7 Å². The summed E-state index contributed by atoms with van der Waals surface area (Å²) in [5.74, 6) is 3.05. The van der Waals surface area contributed by atoms with Crippen molar-refractivity contribution in [3.05, 3.63) is 54.1 Å². The lowest BCUT2D eigenvalue weighted by molar-refractivity contribution is 0.0994. The molecule has 3 aromatic rings. The lowest BCUT2D eigenvalue weighted by Crippen LogP contribution is -2.17. The average Bonchev–Trinajstić information content (AvgIpc) is 3.29. The topological polar surface area (TPSA) is 85.8 Å². The van der Waals surface area contributed by atoms with Gasteiger partial charge in [-0.3, -0.25) is 4.79 Å². The van der Waals surface area contributed by atoms with Gasteiger partial charge < -0.3 is 14.3 Å². The Labute approximate surface area is 148 Å². The van der Waals surface area contributed by atoms with E-state index in [0.717, 1.165) is 37.4 Å². The van der Waals surface area contributed by atoms with Crippen molar-refractivity contribution in [3.8, 4) is 0 Å².